The molecule has 2 saturated heterocycles. The Kier molecular flexibility index (Phi) is 6.11. The van der Waals surface area contributed by atoms with E-state index in [1.165, 1.54) is 12.8 Å². The van der Waals surface area contributed by atoms with E-state index in [1.807, 2.05) is 4.90 Å². The third kappa shape index (κ3) is 4.77. The van der Waals surface area contributed by atoms with Gasteiger partial charge in [0.15, 0.2) is 6.29 Å². The Labute approximate surface area is 116 Å². The Bertz CT molecular complexity index is 277. The van der Waals surface area contributed by atoms with E-state index in [0.717, 1.165) is 64.3 Å². The van der Waals surface area contributed by atoms with E-state index in [-0.39, 0.29) is 6.29 Å². The highest BCUT2D eigenvalue weighted by atomic mass is 16.7. The average molecular weight is 269 g/mol. The van der Waals surface area contributed by atoms with Crippen LogP contribution in [0.2, 0.25) is 0 Å². The molecule has 1 amide bonds. The van der Waals surface area contributed by atoms with Crippen molar-refractivity contribution in [3.63, 3.8) is 0 Å². The van der Waals surface area contributed by atoms with Gasteiger partial charge in [-0.15, -0.1) is 0 Å². The molecule has 0 radical (unpaired) electrons. The fourth-order valence-corrected chi connectivity index (χ4v) is 2.99. The summed E-state index contributed by atoms with van der Waals surface area (Å²) in [6, 6.07) is 0. The van der Waals surface area contributed by atoms with Gasteiger partial charge in [-0.05, 0) is 25.2 Å². The summed E-state index contributed by atoms with van der Waals surface area (Å²) in [5.74, 6) is 1.05. The zero-order chi connectivity index (χ0) is 13.5. The lowest BCUT2D eigenvalue weighted by molar-refractivity contribution is -0.183. The minimum atomic E-state index is -0.101. The van der Waals surface area contributed by atoms with Crippen molar-refractivity contribution in [3.8, 4) is 0 Å². The van der Waals surface area contributed by atoms with E-state index in [1.54, 1.807) is 0 Å². The minimum absolute atomic E-state index is 0.101. The quantitative estimate of drug-likeness (QED) is 0.770. The molecule has 0 saturated carbocycles. The van der Waals surface area contributed by atoms with E-state index >= 15 is 0 Å². The summed E-state index contributed by atoms with van der Waals surface area (Å²) < 4.78 is 11.1. The molecule has 0 N–H and O–H groups in total. The molecule has 0 spiro atoms. The topological polar surface area (TPSA) is 38.8 Å². The van der Waals surface area contributed by atoms with Crippen LogP contribution in [-0.4, -0.2) is 43.4 Å². The summed E-state index contributed by atoms with van der Waals surface area (Å²) in [5.41, 5.74) is 0. The molecule has 0 aliphatic carbocycles. The number of rotatable bonds is 5. The Morgan fingerprint density at radius 2 is 2.00 bits per heavy atom. The maximum Gasteiger partial charge on any atom is 0.222 e. The van der Waals surface area contributed by atoms with Crippen LogP contribution in [0.15, 0.2) is 0 Å². The number of amides is 1. The van der Waals surface area contributed by atoms with Gasteiger partial charge >= 0.3 is 0 Å². The fourth-order valence-electron chi connectivity index (χ4n) is 2.99. The van der Waals surface area contributed by atoms with Gasteiger partial charge in [0, 0.05) is 25.9 Å². The number of likely N-dealkylation sites (tertiary alicyclic amines) is 1. The maximum atomic E-state index is 12.1. The van der Waals surface area contributed by atoms with E-state index in [2.05, 4.69) is 6.92 Å². The highest BCUT2D eigenvalue weighted by Gasteiger charge is 2.23. The Balaban J connectivity index is 1.73. The van der Waals surface area contributed by atoms with Crippen molar-refractivity contribution in [2.45, 2.75) is 58.2 Å². The molecule has 2 rings (SSSR count). The highest BCUT2D eigenvalue weighted by molar-refractivity contribution is 5.76. The summed E-state index contributed by atoms with van der Waals surface area (Å²) in [6.45, 7) is 5.50. The van der Waals surface area contributed by atoms with Crippen LogP contribution >= 0.6 is 0 Å². The van der Waals surface area contributed by atoms with E-state index in [0.29, 0.717) is 5.91 Å². The number of carbonyl (C=O) groups is 1. The molecule has 110 valence electrons. The third-order valence-electron chi connectivity index (χ3n) is 4.15. The van der Waals surface area contributed by atoms with Gasteiger partial charge in [-0.25, -0.2) is 0 Å². The zero-order valence-corrected chi connectivity index (χ0v) is 12.1. The summed E-state index contributed by atoms with van der Waals surface area (Å²) in [7, 11) is 0. The van der Waals surface area contributed by atoms with Crippen molar-refractivity contribution >= 4 is 5.91 Å². The Hall–Kier alpha value is -0.610. The molecule has 0 aromatic rings. The summed E-state index contributed by atoms with van der Waals surface area (Å²) in [4.78, 5) is 14.1. The number of nitrogens with zero attached hydrogens (tertiary/aromatic N) is 1. The standard InChI is InChI=1S/C15H27NO3/c1-2-4-13-5-6-14(17)16(9-7-13)10-8-15-18-11-3-12-19-15/h13,15H,2-12H2,1H3. The van der Waals surface area contributed by atoms with Gasteiger partial charge in [0.05, 0.1) is 13.2 Å². The normalized spacial score (nSPS) is 26.5. The van der Waals surface area contributed by atoms with Crippen LogP contribution in [0.5, 0.6) is 0 Å². The molecule has 4 heteroatoms. The van der Waals surface area contributed by atoms with Crippen LogP contribution in [-0.2, 0) is 14.3 Å². The molecule has 2 fully saturated rings. The van der Waals surface area contributed by atoms with Crippen LogP contribution in [0, 0.1) is 5.92 Å². The van der Waals surface area contributed by atoms with E-state index in [9.17, 15) is 4.79 Å². The van der Waals surface area contributed by atoms with Gasteiger partial charge in [-0.2, -0.15) is 0 Å². The first-order valence-corrected chi connectivity index (χ1v) is 7.80. The van der Waals surface area contributed by atoms with Crippen LogP contribution in [0.3, 0.4) is 0 Å². The molecule has 0 aromatic heterocycles. The van der Waals surface area contributed by atoms with Gasteiger partial charge in [-0.1, -0.05) is 19.8 Å². The van der Waals surface area contributed by atoms with Gasteiger partial charge in [0.25, 0.3) is 0 Å². The molecular formula is C15H27NO3. The highest BCUT2D eigenvalue weighted by Crippen LogP contribution is 2.23. The molecule has 2 aliphatic rings. The molecule has 2 heterocycles. The maximum absolute atomic E-state index is 12.1. The lowest BCUT2D eigenvalue weighted by Crippen LogP contribution is -2.35. The second-order valence-electron chi connectivity index (χ2n) is 5.68. The van der Waals surface area contributed by atoms with Gasteiger partial charge in [0.2, 0.25) is 5.91 Å². The average Bonchev–Trinajstić information content (AvgIpc) is 2.61. The van der Waals surface area contributed by atoms with E-state index < -0.39 is 0 Å². The molecule has 0 aromatic carbocycles. The van der Waals surface area contributed by atoms with Crippen molar-refractivity contribution in [2.75, 3.05) is 26.3 Å². The summed E-state index contributed by atoms with van der Waals surface area (Å²) >= 11 is 0. The van der Waals surface area contributed by atoms with Crippen LogP contribution < -0.4 is 0 Å². The van der Waals surface area contributed by atoms with Gasteiger partial charge in [-0.3, -0.25) is 4.79 Å². The SMILES string of the molecule is CCCC1CCC(=O)N(CCC2OCCCO2)CC1. The third-order valence-corrected chi connectivity index (χ3v) is 4.15. The molecule has 2 aliphatic heterocycles. The Morgan fingerprint density at radius 3 is 2.74 bits per heavy atom. The zero-order valence-electron chi connectivity index (χ0n) is 12.1. The fraction of sp³-hybridized carbons (Fsp3) is 0.933. The van der Waals surface area contributed by atoms with Crippen LogP contribution in [0.25, 0.3) is 0 Å². The molecule has 19 heavy (non-hydrogen) atoms. The van der Waals surface area contributed by atoms with Crippen molar-refractivity contribution < 1.29 is 14.3 Å². The number of hydrogen-bond acceptors (Lipinski definition) is 3. The van der Waals surface area contributed by atoms with E-state index in [4.69, 9.17) is 9.47 Å². The van der Waals surface area contributed by atoms with Crippen molar-refractivity contribution in [3.05, 3.63) is 0 Å². The van der Waals surface area contributed by atoms with Crippen molar-refractivity contribution in [1.29, 1.82) is 0 Å². The number of carbonyl (C=O) groups excluding carboxylic acids is 1. The summed E-state index contributed by atoms with van der Waals surface area (Å²) in [5, 5.41) is 0. The van der Waals surface area contributed by atoms with Gasteiger partial charge in [0.1, 0.15) is 0 Å². The monoisotopic (exact) mass is 269 g/mol. The predicted octanol–water partition coefficient (Wildman–Crippen LogP) is 2.57. The molecule has 1 unspecified atom stereocenters. The predicted molar refractivity (Wildman–Crippen MR) is 73.8 cm³/mol. The van der Waals surface area contributed by atoms with Crippen molar-refractivity contribution in [1.82, 2.24) is 4.90 Å². The molecule has 4 nitrogen and oxygen atoms in total. The largest absolute Gasteiger partial charge is 0.353 e. The first kappa shape index (κ1) is 14.8. The van der Waals surface area contributed by atoms with Crippen LogP contribution in [0.4, 0.5) is 0 Å². The molecule has 0 bridgehead atoms. The van der Waals surface area contributed by atoms with Crippen LogP contribution in [0.1, 0.15) is 51.9 Å². The van der Waals surface area contributed by atoms with Crippen molar-refractivity contribution in [2.24, 2.45) is 5.92 Å². The number of hydrogen-bond donors (Lipinski definition) is 0. The lowest BCUT2D eigenvalue weighted by Gasteiger charge is -2.27. The Morgan fingerprint density at radius 1 is 1.21 bits per heavy atom. The molecular weight excluding hydrogens is 242 g/mol. The molecule has 1 atom stereocenters. The first-order chi connectivity index (χ1) is 9.29. The minimum Gasteiger partial charge on any atom is -0.353 e. The summed E-state index contributed by atoms with van der Waals surface area (Å²) in [6.07, 6.45) is 7.12. The number of ether oxygens (including phenoxy) is 2. The second-order valence-corrected chi connectivity index (χ2v) is 5.68. The second kappa shape index (κ2) is 7.85. The first-order valence-electron chi connectivity index (χ1n) is 7.80. The lowest BCUT2D eigenvalue weighted by atomic mass is 9.96. The van der Waals surface area contributed by atoms with Gasteiger partial charge < -0.3 is 14.4 Å². The smallest absolute Gasteiger partial charge is 0.222 e.